The minimum Gasteiger partial charge on any atom is -0.389 e. The van der Waals surface area contributed by atoms with Gasteiger partial charge in [0, 0.05) is 19.2 Å². The summed E-state index contributed by atoms with van der Waals surface area (Å²) in [6.45, 7) is 0.227. The van der Waals surface area contributed by atoms with E-state index in [-0.39, 0.29) is 25.3 Å². The van der Waals surface area contributed by atoms with Crippen molar-refractivity contribution >= 4 is 11.6 Å². The summed E-state index contributed by atoms with van der Waals surface area (Å²) in [5.74, 6) is -1.91. The van der Waals surface area contributed by atoms with E-state index >= 15 is 0 Å². The first kappa shape index (κ1) is 13.9. The minimum absolute atomic E-state index is 0.107. The third kappa shape index (κ3) is 3.46. The van der Waals surface area contributed by atoms with Crippen LogP contribution in [-0.2, 0) is 4.79 Å². The number of carbonyl (C=O) groups excluding carboxylic acids is 1. The molecule has 0 aliphatic carbocycles. The third-order valence-electron chi connectivity index (χ3n) is 2.90. The first-order chi connectivity index (χ1) is 8.95. The summed E-state index contributed by atoms with van der Waals surface area (Å²) in [5.41, 5.74) is -0.231. The number of amides is 1. The summed E-state index contributed by atoms with van der Waals surface area (Å²) in [7, 11) is 0. The average Bonchev–Trinajstić information content (AvgIpc) is 2.63. The summed E-state index contributed by atoms with van der Waals surface area (Å²) in [5, 5.41) is 20.9. The highest BCUT2D eigenvalue weighted by Gasteiger charge is 2.30. The van der Waals surface area contributed by atoms with Crippen LogP contribution in [0, 0.1) is 11.6 Å². The Balaban J connectivity index is 1.93. The van der Waals surface area contributed by atoms with E-state index in [9.17, 15) is 23.8 Å². The number of hydrogen-bond acceptors (Lipinski definition) is 4. The number of carbonyl (C=O) groups is 1. The predicted molar refractivity (Wildman–Crippen MR) is 63.4 cm³/mol. The van der Waals surface area contributed by atoms with E-state index in [1.54, 1.807) is 0 Å². The molecular formula is C12H14F2N2O3. The van der Waals surface area contributed by atoms with Crippen molar-refractivity contribution in [2.24, 2.45) is 0 Å². The monoisotopic (exact) mass is 272 g/mol. The van der Waals surface area contributed by atoms with Crippen LogP contribution in [0.2, 0.25) is 0 Å². The Labute approximate surface area is 108 Å². The zero-order valence-electron chi connectivity index (χ0n) is 10.0. The van der Waals surface area contributed by atoms with E-state index < -0.39 is 29.7 Å². The Morgan fingerprint density at radius 3 is 2.58 bits per heavy atom. The highest BCUT2D eigenvalue weighted by Crippen LogP contribution is 2.16. The number of nitrogens with zero attached hydrogens (tertiary/aromatic N) is 1. The standard InChI is InChI=1S/C12H14F2N2O3/c13-7-1-2-8(14)9(3-7)15-12(19)6-16-4-10(17)11(18)5-16/h1-3,10-11,17-18H,4-6H2,(H,15,19)/t10-,11+. The number of aliphatic hydroxyl groups is 2. The number of aliphatic hydroxyl groups excluding tert-OH is 2. The lowest BCUT2D eigenvalue weighted by atomic mass is 10.3. The number of likely N-dealkylation sites (tertiary alicyclic amines) is 1. The molecule has 0 spiro atoms. The topological polar surface area (TPSA) is 72.8 Å². The Bertz CT molecular complexity index is 474. The van der Waals surface area contributed by atoms with E-state index in [1.807, 2.05) is 0 Å². The number of nitrogens with one attached hydrogen (secondary N) is 1. The molecule has 0 unspecified atom stereocenters. The van der Waals surface area contributed by atoms with Gasteiger partial charge in [-0.2, -0.15) is 0 Å². The van der Waals surface area contributed by atoms with Gasteiger partial charge in [-0.25, -0.2) is 8.78 Å². The molecule has 7 heteroatoms. The van der Waals surface area contributed by atoms with Gasteiger partial charge in [-0.05, 0) is 12.1 Å². The fraction of sp³-hybridized carbons (Fsp3) is 0.417. The molecule has 1 aromatic carbocycles. The largest absolute Gasteiger partial charge is 0.389 e. The molecule has 104 valence electrons. The zero-order valence-corrected chi connectivity index (χ0v) is 10.0. The van der Waals surface area contributed by atoms with Crippen LogP contribution in [0.1, 0.15) is 0 Å². The molecule has 1 aliphatic rings. The Morgan fingerprint density at radius 1 is 1.32 bits per heavy atom. The third-order valence-corrected chi connectivity index (χ3v) is 2.90. The van der Waals surface area contributed by atoms with Crippen LogP contribution in [0.3, 0.4) is 0 Å². The van der Waals surface area contributed by atoms with E-state index in [2.05, 4.69) is 5.32 Å². The van der Waals surface area contributed by atoms with E-state index in [0.29, 0.717) is 0 Å². The molecule has 1 aromatic rings. The van der Waals surface area contributed by atoms with E-state index in [1.165, 1.54) is 4.90 Å². The van der Waals surface area contributed by atoms with Gasteiger partial charge in [-0.15, -0.1) is 0 Å². The van der Waals surface area contributed by atoms with Gasteiger partial charge in [-0.3, -0.25) is 9.69 Å². The van der Waals surface area contributed by atoms with Crippen molar-refractivity contribution in [2.45, 2.75) is 12.2 Å². The molecule has 0 radical (unpaired) electrons. The number of halogens is 2. The summed E-state index contributed by atoms with van der Waals surface area (Å²) < 4.78 is 26.2. The van der Waals surface area contributed by atoms with Crippen molar-refractivity contribution in [3.05, 3.63) is 29.8 Å². The quantitative estimate of drug-likeness (QED) is 0.721. The van der Waals surface area contributed by atoms with Crippen molar-refractivity contribution in [3.63, 3.8) is 0 Å². The molecule has 2 atom stereocenters. The molecule has 0 saturated carbocycles. The SMILES string of the molecule is O=C(CN1C[C@@H](O)[C@@H](O)C1)Nc1cc(F)ccc1F. The molecule has 1 fully saturated rings. The fourth-order valence-corrected chi connectivity index (χ4v) is 1.96. The number of hydrogen-bond donors (Lipinski definition) is 3. The summed E-state index contributed by atoms with van der Waals surface area (Å²) in [4.78, 5) is 13.2. The van der Waals surface area contributed by atoms with Gasteiger partial charge in [0.15, 0.2) is 0 Å². The molecule has 1 saturated heterocycles. The Kier molecular flexibility index (Phi) is 4.08. The molecule has 1 heterocycles. The molecule has 1 aliphatic heterocycles. The number of rotatable bonds is 3. The first-order valence-electron chi connectivity index (χ1n) is 5.79. The number of β-amino-alcohol motifs (C(OH)–C–C–N with tert-alkyl or cyclic N) is 2. The van der Waals surface area contributed by atoms with Crippen molar-refractivity contribution in [1.29, 1.82) is 0 Å². The van der Waals surface area contributed by atoms with Crippen LogP contribution < -0.4 is 5.32 Å². The summed E-state index contributed by atoms with van der Waals surface area (Å²) in [6, 6.07) is 2.77. The average molecular weight is 272 g/mol. The molecule has 0 aromatic heterocycles. The lowest BCUT2D eigenvalue weighted by Gasteiger charge is -2.14. The molecule has 2 rings (SSSR count). The van der Waals surface area contributed by atoms with E-state index in [4.69, 9.17) is 0 Å². The highest BCUT2D eigenvalue weighted by molar-refractivity contribution is 5.92. The maximum atomic E-state index is 13.3. The maximum Gasteiger partial charge on any atom is 0.238 e. The Hall–Kier alpha value is -1.57. The molecule has 1 amide bonds. The van der Waals surface area contributed by atoms with Gasteiger partial charge in [-0.1, -0.05) is 0 Å². The second-order valence-corrected chi connectivity index (χ2v) is 4.50. The van der Waals surface area contributed by atoms with Crippen LogP contribution in [0.25, 0.3) is 0 Å². The molecule has 5 nitrogen and oxygen atoms in total. The lowest BCUT2D eigenvalue weighted by molar-refractivity contribution is -0.117. The maximum absolute atomic E-state index is 13.3. The van der Waals surface area contributed by atoms with Crippen LogP contribution in [0.5, 0.6) is 0 Å². The van der Waals surface area contributed by atoms with E-state index in [0.717, 1.165) is 18.2 Å². The van der Waals surface area contributed by atoms with Gasteiger partial charge in [0.25, 0.3) is 0 Å². The van der Waals surface area contributed by atoms with Gasteiger partial charge < -0.3 is 15.5 Å². The summed E-state index contributed by atoms with van der Waals surface area (Å²) in [6.07, 6.45) is -1.78. The van der Waals surface area contributed by atoms with Crippen molar-refractivity contribution in [3.8, 4) is 0 Å². The smallest absolute Gasteiger partial charge is 0.238 e. The minimum atomic E-state index is -0.890. The van der Waals surface area contributed by atoms with Gasteiger partial charge in [0.05, 0.1) is 24.4 Å². The van der Waals surface area contributed by atoms with Crippen molar-refractivity contribution in [1.82, 2.24) is 4.90 Å². The molecule has 3 N–H and O–H groups in total. The van der Waals surface area contributed by atoms with Crippen LogP contribution in [0.4, 0.5) is 14.5 Å². The lowest BCUT2D eigenvalue weighted by Crippen LogP contribution is -2.32. The zero-order chi connectivity index (χ0) is 14.0. The molecular weight excluding hydrogens is 258 g/mol. The normalized spacial score (nSPS) is 23.6. The summed E-state index contributed by atoms with van der Waals surface area (Å²) >= 11 is 0. The second kappa shape index (κ2) is 5.60. The van der Waals surface area contributed by atoms with Gasteiger partial charge in [0.1, 0.15) is 11.6 Å². The van der Waals surface area contributed by atoms with Crippen molar-refractivity contribution in [2.75, 3.05) is 25.0 Å². The predicted octanol–water partition coefficient (Wildman–Crippen LogP) is -0.0593. The fourth-order valence-electron chi connectivity index (χ4n) is 1.96. The highest BCUT2D eigenvalue weighted by atomic mass is 19.1. The van der Waals surface area contributed by atoms with Gasteiger partial charge in [0.2, 0.25) is 5.91 Å². The van der Waals surface area contributed by atoms with Gasteiger partial charge >= 0.3 is 0 Å². The van der Waals surface area contributed by atoms with Crippen LogP contribution in [-0.4, -0.2) is 52.9 Å². The number of anilines is 1. The first-order valence-corrected chi connectivity index (χ1v) is 5.79. The van der Waals surface area contributed by atoms with Crippen LogP contribution in [0.15, 0.2) is 18.2 Å². The van der Waals surface area contributed by atoms with Crippen LogP contribution >= 0.6 is 0 Å². The molecule has 19 heavy (non-hydrogen) atoms. The number of benzene rings is 1. The molecule has 0 bridgehead atoms. The Morgan fingerprint density at radius 2 is 1.95 bits per heavy atom. The second-order valence-electron chi connectivity index (χ2n) is 4.50. The van der Waals surface area contributed by atoms with Crippen molar-refractivity contribution < 1.29 is 23.8 Å².